The molecule has 2 aromatic carbocycles. The molecule has 21 nitrogen and oxygen atoms in total. The van der Waals surface area contributed by atoms with E-state index < -0.39 is 35.5 Å². The van der Waals surface area contributed by atoms with Crippen molar-refractivity contribution >= 4 is 64.4 Å². The van der Waals surface area contributed by atoms with E-state index in [0.29, 0.717) is 137 Å². The summed E-state index contributed by atoms with van der Waals surface area (Å²) < 4.78 is 41.7. The molecule has 0 spiro atoms. The number of fused-ring (bicyclic) bond motifs is 2. The lowest BCUT2D eigenvalue weighted by molar-refractivity contribution is -0.136. The number of H-pyrrole nitrogens is 1. The molecule has 0 aliphatic carbocycles. The van der Waals surface area contributed by atoms with Crippen LogP contribution >= 0.6 is 0 Å². The molecule has 6 N–H and O–H groups in total. The Morgan fingerprint density at radius 1 is 0.750 bits per heavy atom. The summed E-state index contributed by atoms with van der Waals surface area (Å²) in [4.78, 5) is 97.0. The summed E-state index contributed by atoms with van der Waals surface area (Å²) in [7, 11) is 0. The Kier molecular flexibility index (Phi) is 19.5. The Labute approximate surface area is 416 Å². The third-order valence-electron chi connectivity index (χ3n) is 12.6. The number of aromatic amines is 1. The zero-order valence-electron chi connectivity index (χ0n) is 40.8. The second kappa shape index (κ2) is 26.3. The van der Waals surface area contributed by atoms with Crippen molar-refractivity contribution in [2.24, 2.45) is 0 Å². The molecule has 2 fully saturated rings. The van der Waals surface area contributed by atoms with E-state index in [2.05, 4.69) is 41.4 Å². The highest BCUT2D eigenvalue weighted by Crippen LogP contribution is 2.35. The lowest BCUT2D eigenvalue weighted by atomic mass is 10.0. The molecule has 388 valence electrons. The molecule has 0 saturated carbocycles. The van der Waals surface area contributed by atoms with Gasteiger partial charge in [0.15, 0.2) is 0 Å². The molecule has 4 aliphatic heterocycles. The first kappa shape index (κ1) is 53.4. The van der Waals surface area contributed by atoms with Crippen LogP contribution in [0, 0.1) is 19.7 Å². The van der Waals surface area contributed by atoms with Crippen molar-refractivity contribution in [2.45, 2.75) is 39.2 Å². The molecule has 0 radical (unpaired) electrons. The summed E-state index contributed by atoms with van der Waals surface area (Å²) in [5.41, 5.74) is 4.76. The maximum Gasteiger partial charge on any atom is 0.264 e. The van der Waals surface area contributed by atoms with Crippen LogP contribution in [0.2, 0.25) is 0 Å². The number of nitrogens with zero attached hydrogens (tertiary/aromatic N) is 3. The SMILES string of the molecule is Cc1[nH]c(/C=C2\C(=O)Nc3ccc(F)cc32)c(C)c1C(=O)NCCCN1CCN(CC(=O)NCCOCCOCCOCCOCCOCCNc2cccc3c2C(=O)N(C2CCC(=O)NC2=O)C3=O)CC1. The number of benzene rings is 2. The summed E-state index contributed by atoms with van der Waals surface area (Å²) in [6.07, 6.45) is 2.57. The minimum Gasteiger partial charge on any atom is -0.382 e. The van der Waals surface area contributed by atoms with Gasteiger partial charge in [-0.3, -0.25) is 48.7 Å². The highest BCUT2D eigenvalue weighted by atomic mass is 19.1. The van der Waals surface area contributed by atoms with Crippen LogP contribution < -0.4 is 26.6 Å². The Bertz CT molecular complexity index is 2490. The largest absolute Gasteiger partial charge is 0.382 e. The monoisotopic (exact) mass is 1000 g/mol. The zero-order chi connectivity index (χ0) is 51.0. The number of rotatable bonds is 28. The van der Waals surface area contributed by atoms with Gasteiger partial charge in [-0.2, -0.15) is 0 Å². The van der Waals surface area contributed by atoms with E-state index in [9.17, 15) is 38.0 Å². The fourth-order valence-corrected chi connectivity index (χ4v) is 8.89. The number of aromatic nitrogens is 1. The van der Waals surface area contributed by atoms with Crippen LogP contribution in [0.4, 0.5) is 15.8 Å². The van der Waals surface area contributed by atoms with Crippen LogP contribution in [-0.2, 0) is 42.9 Å². The standard InChI is InChI=1S/C50H64FN9O12/c1-32-40(30-37-36-29-34(51)7-8-38(36)56-46(37)63)55-33(2)44(32)48(65)54-11-4-14-58-15-17-59(18-16-58)31-43(62)53-13-20-69-22-24-71-26-28-72-27-25-70-23-21-68-19-12-52-39-6-3-5-35-45(39)50(67)60(49(35)66)41-9-10-42(61)57-47(41)64/h3,5-8,29-30,41,52,55H,4,9-28,31H2,1-2H3,(H,53,62)(H,54,65)(H,56,63)(H,57,61,64)/b37-30-. The number of anilines is 2. The fraction of sp³-hybridized carbons (Fsp3) is 0.500. The fourth-order valence-electron chi connectivity index (χ4n) is 8.89. The normalized spacial score (nSPS) is 17.6. The van der Waals surface area contributed by atoms with Gasteiger partial charge < -0.3 is 54.8 Å². The number of nitrogens with one attached hydrogen (secondary N) is 6. The van der Waals surface area contributed by atoms with Gasteiger partial charge in [0.2, 0.25) is 17.7 Å². The molecule has 3 aromatic rings. The van der Waals surface area contributed by atoms with Gasteiger partial charge >= 0.3 is 0 Å². The van der Waals surface area contributed by atoms with Gasteiger partial charge in [0.25, 0.3) is 23.6 Å². The molecule has 72 heavy (non-hydrogen) atoms. The smallest absolute Gasteiger partial charge is 0.264 e. The second-order valence-electron chi connectivity index (χ2n) is 17.6. The average molecular weight is 1000 g/mol. The summed E-state index contributed by atoms with van der Waals surface area (Å²) in [5, 5.41) is 14.0. The number of aryl methyl sites for hydroxylation is 1. The summed E-state index contributed by atoms with van der Waals surface area (Å²) in [6, 6.07) is 8.01. The minimum atomic E-state index is -1.03. The number of imide groups is 2. The molecule has 22 heteroatoms. The number of carbonyl (C=O) groups is 7. The van der Waals surface area contributed by atoms with Gasteiger partial charge in [-0.1, -0.05) is 6.07 Å². The molecule has 7 rings (SSSR count). The first-order chi connectivity index (χ1) is 34.9. The van der Waals surface area contributed by atoms with E-state index in [4.69, 9.17) is 23.7 Å². The summed E-state index contributed by atoms with van der Waals surface area (Å²) in [6.45, 7) is 13.0. The maximum absolute atomic E-state index is 13.9. The van der Waals surface area contributed by atoms with Gasteiger partial charge in [-0.15, -0.1) is 0 Å². The minimum absolute atomic E-state index is 0.0533. The summed E-state index contributed by atoms with van der Waals surface area (Å²) >= 11 is 0. The maximum atomic E-state index is 13.9. The van der Waals surface area contributed by atoms with Crippen molar-refractivity contribution in [2.75, 3.05) is 136 Å². The molecule has 1 aromatic heterocycles. The van der Waals surface area contributed by atoms with Gasteiger partial charge in [-0.25, -0.2) is 4.39 Å². The van der Waals surface area contributed by atoms with Crippen LogP contribution in [0.15, 0.2) is 36.4 Å². The number of amides is 7. The Morgan fingerprint density at radius 3 is 2.08 bits per heavy atom. The second-order valence-corrected chi connectivity index (χ2v) is 17.6. The predicted molar refractivity (Wildman–Crippen MR) is 262 cm³/mol. The number of carbonyl (C=O) groups excluding carboxylic acids is 7. The molecule has 1 atom stereocenters. The number of piperazine rings is 1. The van der Waals surface area contributed by atoms with E-state index >= 15 is 0 Å². The first-order valence-electron chi connectivity index (χ1n) is 24.4. The highest BCUT2D eigenvalue weighted by Gasteiger charge is 2.45. The number of hydrogen-bond donors (Lipinski definition) is 6. The highest BCUT2D eigenvalue weighted by molar-refractivity contribution is 6.35. The van der Waals surface area contributed by atoms with Crippen molar-refractivity contribution in [1.82, 2.24) is 35.6 Å². The van der Waals surface area contributed by atoms with E-state index in [1.54, 1.807) is 24.3 Å². The van der Waals surface area contributed by atoms with Crippen LogP contribution in [0.25, 0.3) is 11.6 Å². The van der Waals surface area contributed by atoms with Crippen LogP contribution in [0.3, 0.4) is 0 Å². The van der Waals surface area contributed by atoms with Gasteiger partial charge in [0, 0.05) is 80.6 Å². The van der Waals surface area contributed by atoms with E-state index in [0.717, 1.165) is 44.0 Å². The molecular weight excluding hydrogens is 938 g/mol. The number of halogens is 1. The Morgan fingerprint density at radius 2 is 1.40 bits per heavy atom. The lowest BCUT2D eigenvalue weighted by Crippen LogP contribution is -2.54. The third-order valence-corrected chi connectivity index (χ3v) is 12.6. The molecule has 0 bridgehead atoms. The average Bonchev–Trinajstić information content (AvgIpc) is 3.92. The molecule has 4 aliphatic rings. The molecule has 7 amide bonds. The predicted octanol–water partition coefficient (Wildman–Crippen LogP) is 1.71. The number of ether oxygens (including phenoxy) is 5. The number of hydrogen-bond acceptors (Lipinski definition) is 15. The Balaban J connectivity index is 0.629. The Hall–Kier alpha value is -6.40. The van der Waals surface area contributed by atoms with Crippen molar-refractivity contribution in [3.05, 3.63) is 81.4 Å². The van der Waals surface area contributed by atoms with Gasteiger partial charge in [-0.05, 0) is 75.2 Å². The van der Waals surface area contributed by atoms with Crippen molar-refractivity contribution < 1.29 is 61.6 Å². The molecule has 1 unspecified atom stereocenters. The van der Waals surface area contributed by atoms with E-state index in [-0.39, 0.29) is 41.7 Å². The van der Waals surface area contributed by atoms with Gasteiger partial charge in [0.05, 0.1) is 94.9 Å². The van der Waals surface area contributed by atoms with Crippen LogP contribution in [0.1, 0.15) is 72.9 Å². The molecular formula is C50H64FN9O12. The third kappa shape index (κ3) is 14.2. The van der Waals surface area contributed by atoms with E-state index in [1.807, 2.05) is 13.8 Å². The zero-order valence-corrected chi connectivity index (χ0v) is 40.8. The van der Waals surface area contributed by atoms with E-state index in [1.165, 1.54) is 18.2 Å². The van der Waals surface area contributed by atoms with Crippen molar-refractivity contribution in [3.8, 4) is 0 Å². The van der Waals surface area contributed by atoms with Crippen molar-refractivity contribution in [1.29, 1.82) is 0 Å². The quantitative estimate of drug-likeness (QED) is 0.0344. The summed E-state index contributed by atoms with van der Waals surface area (Å²) in [5.74, 6) is -3.23. The van der Waals surface area contributed by atoms with Gasteiger partial charge in [0.1, 0.15) is 11.9 Å². The van der Waals surface area contributed by atoms with Crippen molar-refractivity contribution in [3.63, 3.8) is 0 Å². The van der Waals surface area contributed by atoms with Crippen LogP contribution in [-0.4, -0.2) is 192 Å². The molecule has 2 saturated heterocycles. The first-order valence-corrected chi connectivity index (χ1v) is 24.4. The topological polar surface area (TPSA) is 251 Å². The lowest BCUT2D eigenvalue weighted by Gasteiger charge is -2.34. The molecule has 5 heterocycles. The number of piperidine rings is 1. The van der Waals surface area contributed by atoms with Crippen LogP contribution in [0.5, 0.6) is 0 Å².